The van der Waals surface area contributed by atoms with Gasteiger partial charge in [0, 0.05) is 17.1 Å². The first kappa shape index (κ1) is 16.0. The van der Waals surface area contributed by atoms with Crippen molar-refractivity contribution in [1.82, 2.24) is 5.32 Å². The molecule has 0 aliphatic carbocycles. The molecule has 1 aromatic carbocycles. The highest BCUT2D eigenvalue weighted by Crippen LogP contribution is 2.16. The minimum atomic E-state index is -0.0441. The Kier molecular flexibility index (Phi) is 7.52. The van der Waals surface area contributed by atoms with Crippen LogP contribution in [0.3, 0.4) is 0 Å². The average Bonchev–Trinajstić information content (AvgIpc) is 2.40. The van der Waals surface area contributed by atoms with Crippen molar-refractivity contribution in [3.8, 4) is 5.75 Å². The fourth-order valence-corrected chi connectivity index (χ4v) is 1.89. The quantitative estimate of drug-likeness (QED) is 0.770. The Hall–Kier alpha value is -1.07. The van der Waals surface area contributed by atoms with Crippen LogP contribution in [0.4, 0.5) is 0 Å². The first-order valence-corrected chi connectivity index (χ1v) is 7.23. The molecule has 0 fully saturated rings. The van der Waals surface area contributed by atoms with Gasteiger partial charge in [-0.15, -0.1) is 0 Å². The lowest BCUT2D eigenvalue weighted by molar-refractivity contribution is -0.122. The van der Waals surface area contributed by atoms with Gasteiger partial charge in [-0.3, -0.25) is 4.79 Å². The maximum Gasteiger partial charge on any atom is 0.223 e. The summed E-state index contributed by atoms with van der Waals surface area (Å²) in [6.45, 7) is 2.43. The third-order valence-electron chi connectivity index (χ3n) is 2.75. The molecule has 1 amide bonds. The number of hydrogen-bond donors (Lipinski definition) is 2. The van der Waals surface area contributed by atoms with Crippen LogP contribution in [-0.4, -0.2) is 30.3 Å². The highest BCUT2D eigenvalue weighted by molar-refractivity contribution is 9.10. The summed E-state index contributed by atoms with van der Waals surface area (Å²) < 4.78 is 6.47. The summed E-state index contributed by atoms with van der Waals surface area (Å²) >= 11 is 3.35. The van der Waals surface area contributed by atoms with Crippen LogP contribution < -0.4 is 10.1 Å². The van der Waals surface area contributed by atoms with E-state index in [1.165, 1.54) is 0 Å². The van der Waals surface area contributed by atoms with Crippen LogP contribution in [0, 0.1) is 0 Å². The summed E-state index contributed by atoms with van der Waals surface area (Å²) in [4.78, 5) is 11.7. The van der Waals surface area contributed by atoms with Crippen molar-refractivity contribution in [1.29, 1.82) is 0 Å². The molecule has 0 aliphatic rings. The van der Waals surface area contributed by atoms with Gasteiger partial charge >= 0.3 is 0 Å². The molecule has 0 aromatic heterocycles. The monoisotopic (exact) mass is 329 g/mol. The zero-order valence-corrected chi connectivity index (χ0v) is 12.6. The van der Waals surface area contributed by atoms with Crippen molar-refractivity contribution in [2.24, 2.45) is 0 Å². The lowest BCUT2D eigenvalue weighted by Gasteiger charge is -2.15. The molecule has 1 atom stereocenters. The van der Waals surface area contributed by atoms with Crippen LogP contribution in [0.15, 0.2) is 28.7 Å². The third-order valence-corrected chi connectivity index (χ3v) is 3.28. The highest BCUT2D eigenvalue weighted by Gasteiger charge is 2.09. The van der Waals surface area contributed by atoms with Crippen LogP contribution in [0.5, 0.6) is 5.75 Å². The summed E-state index contributed by atoms with van der Waals surface area (Å²) in [6, 6.07) is 7.53. The van der Waals surface area contributed by atoms with Gasteiger partial charge in [-0.25, -0.2) is 0 Å². The van der Waals surface area contributed by atoms with Crippen molar-refractivity contribution in [3.63, 3.8) is 0 Å². The van der Waals surface area contributed by atoms with E-state index in [1.807, 2.05) is 31.2 Å². The van der Waals surface area contributed by atoms with E-state index in [2.05, 4.69) is 21.2 Å². The molecule has 0 spiro atoms. The molecule has 1 rings (SSSR count). The molecule has 0 radical (unpaired) electrons. The van der Waals surface area contributed by atoms with Crippen LogP contribution in [0.1, 0.15) is 26.2 Å². The zero-order valence-electron chi connectivity index (χ0n) is 11.1. The summed E-state index contributed by atoms with van der Waals surface area (Å²) in [7, 11) is 0. The van der Waals surface area contributed by atoms with Crippen molar-refractivity contribution in [2.75, 3.05) is 13.2 Å². The van der Waals surface area contributed by atoms with Crippen LogP contribution >= 0.6 is 15.9 Å². The van der Waals surface area contributed by atoms with E-state index >= 15 is 0 Å². The Balaban J connectivity index is 2.24. The van der Waals surface area contributed by atoms with E-state index in [0.717, 1.165) is 16.6 Å². The molecule has 5 heteroatoms. The summed E-state index contributed by atoms with van der Waals surface area (Å²) in [5, 5.41) is 11.7. The number of ether oxygens (including phenoxy) is 1. The minimum Gasteiger partial charge on any atom is -0.493 e. The first-order valence-electron chi connectivity index (χ1n) is 6.44. The summed E-state index contributed by atoms with van der Waals surface area (Å²) in [6.07, 6.45) is 1.73. The van der Waals surface area contributed by atoms with E-state index in [-0.39, 0.29) is 18.6 Å². The molecular weight excluding hydrogens is 310 g/mol. The number of benzene rings is 1. The van der Waals surface area contributed by atoms with Crippen LogP contribution in [0.25, 0.3) is 0 Å². The van der Waals surface area contributed by atoms with E-state index in [9.17, 15) is 4.79 Å². The fraction of sp³-hybridized carbons (Fsp3) is 0.500. The van der Waals surface area contributed by atoms with Gasteiger partial charge in [0.25, 0.3) is 0 Å². The number of nitrogens with one attached hydrogen (secondary N) is 1. The molecule has 106 valence electrons. The van der Waals surface area contributed by atoms with Gasteiger partial charge in [0.05, 0.1) is 13.0 Å². The Bertz CT molecular complexity index is 381. The number of rotatable bonds is 8. The Morgan fingerprint density at radius 2 is 2.11 bits per heavy atom. The van der Waals surface area contributed by atoms with Gasteiger partial charge in [0.1, 0.15) is 5.75 Å². The minimum absolute atomic E-state index is 0.0441. The van der Waals surface area contributed by atoms with Crippen molar-refractivity contribution in [2.45, 2.75) is 32.2 Å². The normalized spacial score (nSPS) is 11.9. The number of aliphatic hydroxyl groups excluding tert-OH is 1. The number of carbonyl (C=O) groups is 1. The smallest absolute Gasteiger partial charge is 0.223 e. The van der Waals surface area contributed by atoms with Gasteiger partial charge in [-0.1, -0.05) is 22.9 Å². The van der Waals surface area contributed by atoms with Crippen molar-refractivity contribution in [3.05, 3.63) is 28.7 Å². The third kappa shape index (κ3) is 6.59. The van der Waals surface area contributed by atoms with E-state index in [1.54, 1.807) is 0 Å². The lowest BCUT2D eigenvalue weighted by Crippen LogP contribution is -2.35. The second-order valence-corrected chi connectivity index (χ2v) is 5.15. The predicted octanol–water partition coefficient (Wildman–Crippen LogP) is 2.50. The maximum absolute atomic E-state index is 11.7. The topological polar surface area (TPSA) is 58.6 Å². The van der Waals surface area contributed by atoms with Crippen molar-refractivity contribution >= 4 is 21.8 Å². The van der Waals surface area contributed by atoms with Gasteiger partial charge < -0.3 is 15.2 Å². The number of carbonyl (C=O) groups excluding carboxylic acids is 1. The predicted molar refractivity (Wildman–Crippen MR) is 78.2 cm³/mol. The van der Waals surface area contributed by atoms with Crippen LogP contribution in [0.2, 0.25) is 0 Å². The molecule has 0 bridgehead atoms. The second kappa shape index (κ2) is 8.93. The van der Waals surface area contributed by atoms with E-state index in [0.29, 0.717) is 19.4 Å². The maximum atomic E-state index is 11.7. The standard InChI is InChI=1S/C14H20BrNO3/c1-2-12(7-9-17)16-14(18)8-10-19-13-5-3-11(15)4-6-13/h3-6,12,17H,2,7-10H2,1H3,(H,16,18). The largest absolute Gasteiger partial charge is 0.493 e. The fourth-order valence-electron chi connectivity index (χ4n) is 1.63. The number of aliphatic hydroxyl groups is 1. The average molecular weight is 330 g/mol. The van der Waals surface area contributed by atoms with Crippen molar-refractivity contribution < 1.29 is 14.6 Å². The van der Waals surface area contributed by atoms with Gasteiger partial charge in [0.2, 0.25) is 5.91 Å². The SMILES string of the molecule is CCC(CCO)NC(=O)CCOc1ccc(Br)cc1. The molecule has 1 unspecified atom stereocenters. The molecule has 19 heavy (non-hydrogen) atoms. The zero-order chi connectivity index (χ0) is 14.1. The van der Waals surface area contributed by atoms with Crippen LogP contribution in [-0.2, 0) is 4.79 Å². The molecular formula is C14H20BrNO3. The Labute approximate surface area is 122 Å². The number of hydrogen-bond acceptors (Lipinski definition) is 3. The molecule has 2 N–H and O–H groups in total. The molecule has 0 aliphatic heterocycles. The van der Waals surface area contributed by atoms with E-state index in [4.69, 9.17) is 9.84 Å². The van der Waals surface area contributed by atoms with Gasteiger partial charge in [0.15, 0.2) is 0 Å². The number of amides is 1. The molecule has 4 nitrogen and oxygen atoms in total. The molecule has 0 saturated carbocycles. The second-order valence-electron chi connectivity index (χ2n) is 4.24. The van der Waals surface area contributed by atoms with Gasteiger partial charge in [-0.2, -0.15) is 0 Å². The van der Waals surface area contributed by atoms with E-state index < -0.39 is 0 Å². The highest BCUT2D eigenvalue weighted by atomic mass is 79.9. The molecule has 0 saturated heterocycles. The molecule has 0 heterocycles. The van der Waals surface area contributed by atoms with Gasteiger partial charge in [-0.05, 0) is 37.1 Å². The Morgan fingerprint density at radius 1 is 1.42 bits per heavy atom. The summed E-state index contributed by atoms with van der Waals surface area (Å²) in [5.74, 6) is 0.704. The molecule has 1 aromatic rings. The number of halogens is 1. The Morgan fingerprint density at radius 3 is 2.68 bits per heavy atom. The first-order chi connectivity index (χ1) is 9.15. The lowest BCUT2D eigenvalue weighted by atomic mass is 10.1. The summed E-state index contributed by atoms with van der Waals surface area (Å²) in [5.41, 5.74) is 0.